The summed E-state index contributed by atoms with van der Waals surface area (Å²) in [5.74, 6) is 2.18. The minimum absolute atomic E-state index is 0.861. The molecule has 0 bridgehead atoms. The van der Waals surface area contributed by atoms with E-state index in [0.29, 0.717) is 0 Å². The smallest absolute Gasteiger partial charge is 0.0144 e. The van der Waals surface area contributed by atoms with Crippen molar-refractivity contribution in [3.63, 3.8) is 0 Å². The van der Waals surface area contributed by atoms with Crippen molar-refractivity contribution in [2.45, 2.75) is 45.4 Å². The first-order valence-electron chi connectivity index (χ1n) is 5.52. The molecule has 3 aliphatic carbocycles. The average Bonchev–Trinajstić information content (AvgIpc) is 2.68. The van der Waals surface area contributed by atoms with Crippen LogP contribution in [0.1, 0.15) is 45.4 Å². The zero-order valence-corrected chi connectivity index (χ0v) is 7.97. The number of allylic oxidation sites excluding steroid dienone is 2. The van der Waals surface area contributed by atoms with Gasteiger partial charge in [0.15, 0.2) is 0 Å². The van der Waals surface area contributed by atoms with Crippen LogP contribution < -0.4 is 0 Å². The third-order valence-electron chi connectivity index (χ3n) is 4.70. The molecule has 0 aromatic rings. The molecule has 0 amide bonds. The Bertz CT molecular complexity index is 238. The molecule has 0 heterocycles. The van der Waals surface area contributed by atoms with E-state index in [1.807, 2.05) is 0 Å². The van der Waals surface area contributed by atoms with Crippen molar-refractivity contribution in [1.82, 2.24) is 0 Å². The average molecular weight is 162 g/mol. The van der Waals surface area contributed by atoms with Crippen LogP contribution >= 0.6 is 0 Å². The third kappa shape index (κ3) is 0.694. The van der Waals surface area contributed by atoms with Gasteiger partial charge in [-0.2, -0.15) is 0 Å². The van der Waals surface area contributed by atoms with E-state index < -0.39 is 0 Å². The zero-order valence-electron chi connectivity index (χ0n) is 7.97. The summed E-state index contributed by atoms with van der Waals surface area (Å²) in [5.41, 5.74) is 2.67. The zero-order chi connectivity index (χ0) is 8.18. The lowest BCUT2D eigenvalue weighted by molar-refractivity contribution is 0.294. The lowest BCUT2D eigenvalue weighted by Gasteiger charge is -2.31. The molecule has 3 unspecified atom stereocenters. The van der Waals surface area contributed by atoms with Crippen molar-refractivity contribution in [3.05, 3.63) is 11.6 Å². The molecule has 0 aromatic heterocycles. The van der Waals surface area contributed by atoms with Crippen LogP contribution in [0.4, 0.5) is 0 Å². The monoisotopic (exact) mass is 162 g/mol. The second-order valence-electron chi connectivity index (χ2n) is 4.98. The number of hydrogen-bond acceptors (Lipinski definition) is 0. The summed E-state index contributed by atoms with van der Waals surface area (Å²) in [7, 11) is 0. The molecule has 66 valence electrons. The summed E-state index contributed by atoms with van der Waals surface area (Å²) < 4.78 is 0. The lowest BCUT2D eigenvalue weighted by Crippen LogP contribution is -2.20. The fourth-order valence-electron chi connectivity index (χ4n) is 4.05. The Labute approximate surface area is 75.0 Å². The molecule has 0 radical (unpaired) electrons. The summed E-state index contributed by atoms with van der Waals surface area (Å²) in [6.45, 7) is 2.24. The molecule has 0 heteroatoms. The SMILES string of the molecule is C/C=C1\CCCC23CC2CCC13. The fraction of sp³-hybridized carbons (Fsp3) is 0.833. The van der Waals surface area contributed by atoms with Crippen LogP contribution in [0, 0.1) is 17.3 Å². The van der Waals surface area contributed by atoms with Gasteiger partial charge in [0.25, 0.3) is 0 Å². The maximum absolute atomic E-state index is 2.41. The first-order valence-corrected chi connectivity index (χ1v) is 5.52. The lowest BCUT2D eigenvalue weighted by atomic mass is 9.74. The highest BCUT2D eigenvalue weighted by molar-refractivity contribution is 5.24. The number of hydrogen-bond donors (Lipinski definition) is 0. The Balaban J connectivity index is 1.94. The molecule has 0 saturated heterocycles. The van der Waals surface area contributed by atoms with E-state index in [9.17, 15) is 0 Å². The second-order valence-corrected chi connectivity index (χ2v) is 4.98. The summed E-state index contributed by atoms with van der Waals surface area (Å²) in [4.78, 5) is 0. The standard InChI is InChI=1S/C12H18/c1-2-9-4-3-7-12-8-10(12)5-6-11(9)12/h2,10-11H,3-8H2,1H3/b9-2+. The van der Waals surface area contributed by atoms with Crippen molar-refractivity contribution in [2.75, 3.05) is 0 Å². The van der Waals surface area contributed by atoms with Gasteiger partial charge in [0, 0.05) is 0 Å². The topological polar surface area (TPSA) is 0 Å². The van der Waals surface area contributed by atoms with E-state index in [1.54, 1.807) is 24.8 Å². The van der Waals surface area contributed by atoms with Gasteiger partial charge in [-0.15, -0.1) is 0 Å². The van der Waals surface area contributed by atoms with E-state index in [2.05, 4.69) is 13.0 Å². The minimum Gasteiger partial charge on any atom is -0.0882 e. The van der Waals surface area contributed by atoms with Gasteiger partial charge in [-0.1, -0.05) is 11.6 Å². The van der Waals surface area contributed by atoms with E-state index in [0.717, 1.165) is 17.3 Å². The van der Waals surface area contributed by atoms with Gasteiger partial charge in [0.1, 0.15) is 0 Å². The molecule has 3 fully saturated rings. The van der Waals surface area contributed by atoms with Gasteiger partial charge in [-0.3, -0.25) is 0 Å². The summed E-state index contributed by atoms with van der Waals surface area (Å²) in [5, 5.41) is 0. The van der Waals surface area contributed by atoms with E-state index in [-0.39, 0.29) is 0 Å². The van der Waals surface area contributed by atoms with Gasteiger partial charge in [0.2, 0.25) is 0 Å². The van der Waals surface area contributed by atoms with Gasteiger partial charge < -0.3 is 0 Å². The molecular weight excluding hydrogens is 144 g/mol. The van der Waals surface area contributed by atoms with Gasteiger partial charge in [0.05, 0.1) is 0 Å². The maximum Gasteiger partial charge on any atom is -0.0144 e. The Hall–Kier alpha value is -0.260. The Morgan fingerprint density at radius 2 is 2.33 bits per heavy atom. The maximum atomic E-state index is 2.41. The first kappa shape index (κ1) is 7.17. The molecule has 1 spiro atoms. The van der Waals surface area contributed by atoms with Crippen LogP contribution in [-0.2, 0) is 0 Å². The van der Waals surface area contributed by atoms with Crippen molar-refractivity contribution in [1.29, 1.82) is 0 Å². The third-order valence-corrected chi connectivity index (χ3v) is 4.70. The van der Waals surface area contributed by atoms with Crippen molar-refractivity contribution >= 4 is 0 Å². The highest BCUT2D eigenvalue weighted by atomic mass is 14.7. The first-order chi connectivity index (χ1) is 5.87. The normalized spacial score (nSPS) is 53.6. The second kappa shape index (κ2) is 2.16. The van der Waals surface area contributed by atoms with Crippen LogP contribution in [0.25, 0.3) is 0 Å². The van der Waals surface area contributed by atoms with Crippen LogP contribution in [0.5, 0.6) is 0 Å². The summed E-state index contributed by atoms with van der Waals surface area (Å²) >= 11 is 0. The predicted octanol–water partition coefficient (Wildman–Crippen LogP) is 3.53. The van der Waals surface area contributed by atoms with Crippen LogP contribution in [0.2, 0.25) is 0 Å². The Kier molecular flexibility index (Phi) is 1.29. The van der Waals surface area contributed by atoms with Gasteiger partial charge >= 0.3 is 0 Å². The number of rotatable bonds is 0. The quantitative estimate of drug-likeness (QED) is 0.478. The van der Waals surface area contributed by atoms with Crippen LogP contribution in [-0.4, -0.2) is 0 Å². The molecular formula is C12H18. The molecule has 3 aliphatic rings. The fourth-order valence-corrected chi connectivity index (χ4v) is 4.05. The molecule has 3 saturated carbocycles. The molecule has 0 N–H and O–H groups in total. The van der Waals surface area contributed by atoms with Crippen molar-refractivity contribution in [3.8, 4) is 0 Å². The van der Waals surface area contributed by atoms with Crippen molar-refractivity contribution in [2.24, 2.45) is 17.3 Å². The Morgan fingerprint density at radius 1 is 1.42 bits per heavy atom. The van der Waals surface area contributed by atoms with Gasteiger partial charge in [-0.25, -0.2) is 0 Å². The van der Waals surface area contributed by atoms with Crippen LogP contribution in [0.15, 0.2) is 11.6 Å². The molecule has 0 aromatic carbocycles. The van der Waals surface area contributed by atoms with Gasteiger partial charge in [-0.05, 0) is 62.7 Å². The predicted molar refractivity (Wildman–Crippen MR) is 50.9 cm³/mol. The largest absolute Gasteiger partial charge is 0.0882 e. The highest BCUT2D eigenvalue weighted by Crippen LogP contribution is 2.72. The summed E-state index contributed by atoms with van der Waals surface area (Å²) in [6, 6.07) is 0. The summed E-state index contributed by atoms with van der Waals surface area (Å²) in [6.07, 6.45) is 11.5. The van der Waals surface area contributed by atoms with Crippen LogP contribution in [0.3, 0.4) is 0 Å². The van der Waals surface area contributed by atoms with E-state index in [4.69, 9.17) is 0 Å². The molecule has 12 heavy (non-hydrogen) atoms. The van der Waals surface area contributed by atoms with Crippen molar-refractivity contribution < 1.29 is 0 Å². The van der Waals surface area contributed by atoms with E-state index in [1.165, 1.54) is 19.3 Å². The molecule has 0 nitrogen and oxygen atoms in total. The molecule has 3 atom stereocenters. The van der Waals surface area contributed by atoms with E-state index >= 15 is 0 Å². The Morgan fingerprint density at radius 3 is 3.08 bits per heavy atom. The molecule has 3 rings (SSSR count). The molecule has 0 aliphatic heterocycles. The highest BCUT2D eigenvalue weighted by Gasteiger charge is 2.63. The minimum atomic E-state index is 0.861.